The van der Waals surface area contributed by atoms with E-state index in [1.165, 1.54) is 5.06 Å². The van der Waals surface area contributed by atoms with Crippen LogP contribution in [0.4, 0.5) is 0 Å². The van der Waals surface area contributed by atoms with Crippen molar-refractivity contribution in [2.24, 2.45) is 0 Å². The third-order valence-corrected chi connectivity index (χ3v) is 3.48. The molecule has 16 heavy (non-hydrogen) atoms. The molecule has 1 unspecified atom stereocenters. The largest absolute Gasteiger partial charge is 0.314 e. The Labute approximate surface area is 95.8 Å². The summed E-state index contributed by atoms with van der Waals surface area (Å²) in [4.78, 5) is 14.1. The minimum atomic E-state index is -0.476. The van der Waals surface area contributed by atoms with Gasteiger partial charge in [0.15, 0.2) is 5.78 Å². The van der Waals surface area contributed by atoms with Crippen molar-refractivity contribution in [3.8, 4) is 0 Å². The van der Waals surface area contributed by atoms with Crippen molar-refractivity contribution in [2.45, 2.75) is 18.9 Å². The molecular formula is C12H18N2O2. The summed E-state index contributed by atoms with van der Waals surface area (Å²) >= 11 is 0. The third kappa shape index (κ3) is 1.96. The Balaban J connectivity index is 2.17. The highest BCUT2D eigenvalue weighted by atomic mass is 16.5. The number of hydrogen-bond acceptors (Lipinski definition) is 4. The molecule has 1 heterocycles. The molecule has 0 aromatic rings. The topological polar surface area (TPSA) is 43.8 Å². The van der Waals surface area contributed by atoms with Crippen LogP contribution in [0.25, 0.3) is 0 Å². The molecule has 0 spiro atoms. The highest BCUT2D eigenvalue weighted by Crippen LogP contribution is 2.27. The first kappa shape index (κ1) is 11.5. The molecule has 0 saturated carbocycles. The van der Waals surface area contributed by atoms with E-state index in [4.69, 9.17) is 0 Å². The van der Waals surface area contributed by atoms with Crippen molar-refractivity contribution in [1.29, 1.82) is 0 Å². The molecule has 1 saturated heterocycles. The first-order chi connectivity index (χ1) is 7.65. The van der Waals surface area contributed by atoms with Crippen LogP contribution in [0.5, 0.6) is 0 Å². The Morgan fingerprint density at radius 3 is 2.44 bits per heavy atom. The van der Waals surface area contributed by atoms with Gasteiger partial charge in [-0.2, -0.15) is 5.06 Å². The van der Waals surface area contributed by atoms with Gasteiger partial charge in [0.25, 0.3) is 0 Å². The molecule has 0 aromatic carbocycles. The standard InChI is InChI=1S/C12H18N2O2/c1-11(15)12(5-3-2-4-6-12)13-7-9-14(16)10-8-13/h2-5,16H,6-10H2,1H3. The summed E-state index contributed by atoms with van der Waals surface area (Å²) < 4.78 is 0. The quantitative estimate of drug-likeness (QED) is 0.752. The third-order valence-electron chi connectivity index (χ3n) is 3.48. The van der Waals surface area contributed by atoms with Gasteiger partial charge in [0.2, 0.25) is 0 Å². The summed E-state index contributed by atoms with van der Waals surface area (Å²) in [5.41, 5.74) is -0.476. The summed E-state index contributed by atoms with van der Waals surface area (Å²) in [6.07, 6.45) is 8.68. The molecule has 88 valence electrons. The van der Waals surface area contributed by atoms with Crippen LogP contribution >= 0.6 is 0 Å². The van der Waals surface area contributed by atoms with E-state index >= 15 is 0 Å². The van der Waals surface area contributed by atoms with Gasteiger partial charge in [0.1, 0.15) is 5.54 Å². The van der Waals surface area contributed by atoms with Crippen LogP contribution in [0.2, 0.25) is 0 Å². The van der Waals surface area contributed by atoms with Crippen molar-refractivity contribution in [2.75, 3.05) is 26.2 Å². The number of piperazine rings is 1. The fraction of sp³-hybridized carbons (Fsp3) is 0.583. The first-order valence-electron chi connectivity index (χ1n) is 5.69. The van der Waals surface area contributed by atoms with Crippen LogP contribution in [0, 0.1) is 0 Å². The maximum absolute atomic E-state index is 11.9. The lowest BCUT2D eigenvalue weighted by molar-refractivity contribution is -0.141. The van der Waals surface area contributed by atoms with Crippen LogP contribution in [-0.4, -0.2) is 52.7 Å². The van der Waals surface area contributed by atoms with E-state index in [9.17, 15) is 10.0 Å². The number of carbonyl (C=O) groups is 1. The number of rotatable bonds is 2. The minimum absolute atomic E-state index is 0.180. The highest BCUT2D eigenvalue weighted by molar-refractivity contribution is 5.89. The molecule has 1 aliphatic carbocycles. The highest BCUT2D eigenvalue weighted by Gasteiger charge is 2.39. The van der Waals surface area contributed by atoms with Crippen molar-refractivity contribution >= 4 is 5.78 Å². The van der Waals surface area contributed by atoms with Gasteiger partial charge < -0.3 is 5.21 Å². The number of nitrogens with zero attached hydrogens (tertiary/aromatic N) is 2. The predicted molar refractivity (Wildman–Crippen MR) is 61.2 cm³/mol. The molecule has 1 fully saturated rings. The number of Topliss-reactive ketones (excluding diaryl/α,β-unsaturated/α-hetero) is 1. The molecule has 0 amide bonds. The smallest absolute Gasteiger partial charge is 0.154 e. The lowest BCUT2D eigenvalue weighted by Gasteiger charge is -2.44. The minimum Gasteiger partial charge on any atom is -0.314 e. The van der Waals surface area contributed by atoms with E-state index in [1.807, 2.05) is 24.3 Å². The Bertz CT molecular complexity index is 330. The Kier molecular flexibility index (Phi) is 3.23. The number of ketones is 1. The maximum Gasteiger partial charge on any atom is 0.154 e. The van der Waals surface area contributed by atoms with Crippen LogP contribution in [0.15, 0.2) is 24.3 Å². The lowest BCUT2D eigenvalue weighted by Crippen LogP contribution is -2.59. The molecule has 0 aromatic heterocycles. The molecule has 1 N–H and O–H groups in total. The van der Waals surface area contributed by atoms with E-state index < -0.39 is 5.54 Å². The van der Waals surface area contributed by atoms with Gasteiger partial charge >= 0.3 is 0 Å². The Morgan fingerprint density at radius 1 is 1.25 bits per heavy atom. The van der Waals surface area contributed by atoms with Gasteiger partial charge in [-0.25, -0.2) is 0 Å². The fourth-order valence-corrected chi connectivity index (χ4v) is 2.42. The van der Waals surface area contributed by atoms with Crippen molar-refractivity contribution in [3.05, 3.63) is 24.3 Å². The monoisotopic (exact) mass is 222 g/mol. The zero-order valence-electron chi connectivity index (χ0n) is 9.59. The number of hydroxylamine groups is 2. The molecular weight excluding hydrogens is 204 g/mol. The second kappa shape index (κ2) is 4.49. The normalized spacial score (nSPS) is 31.9. The second-order valence-electron chi connectivity index (χ2n) is 4.41. The Hall–Kier alpha value is -0.970. The zero-order chi connectivity index (χ0) is 11.6. The van der Waals surface area contributed by atoms with Gasteiger partial charge in [0.05, 0.1) is 0 Å². The number of carbonyl (C=O) groups excluding carboxylic acids is 1. The van der Waals surface area contributed by atoms with E-state index in [-0.39, 0.29) is 5.78 Å². The zero-order valence-corrected chi connectivity index (χ0v) is 9.59. The first-order valence-corrected chi connectivity index (χ1v) is 5.69. The molecule has 0 radical (unpaired) electrons. The van der Waals surface area contributed by atoms with Gasteiger partial charge in [-0.1, -0.05) is 24.3 Å². The van der Waals surface area contributed by atoms with Gasteiger partial charge in [0, 0.05) is 26.2 Å². The van der Waals surface area contributed by atoms with Crippen LogP contribution in [-0.2, 0) is 4.79 Å². The number of hydrogen-bond donors (Lipinski definition) is 1. The van der Waals surface area contributed by atoms with E-state index in [2.05, 4.69) is 4.90 Å². The molecule has 4 nitrogen and oxygen atoms in total. The molecule has 0 bridgehead atoms. The van der Waals surface area contributed by atoms with Crippen molar-refractivity contribution < 1.29 is 10.0 Å². The molecule has 2 rings (SSSR count). The SMILES string of the molecule is CC(=O)C1(N2CCN(O)CC2)C=CC=CC1. The van der Waals surface area contributed by atoms with Crippen LogP contribution < -0.4 is 0 Å². The maximum atomic E-state index is 11.9. The lowest BCUT2D eigenvalue weighted by atomic mass is 9.85. The fourth-order valence-electron chi connectivity index (χ4n) is 2.42. The summed E-state index contributed by atoms with van der Waals surface area (Å²) in [6, 6.07) is 0. The average Bonchev–Trinajstić information content (AvgIpc) is 2.30. The van der Waals surface area contributed by atoms with E-state index in [1.54, 1.807) is 6.92 Å². The van der Waals surface area contributed by atoms with Crippen LogP contribution in [0.1, 0.15) is 13.3 Å². The van der Waals surface area contributed by atoms with Crippen molar-refractivity contribution in [1.82, 2.24) is 9.96 Å². The van der Waals surface area contributed by atoms with Gasteiger partial charge in [-0.05, 0) is 13.3 Å². The van der Waals surface area contributed by atoms with Gasteiger partial charge in [-0.15, -0.1) is 0 Å². The van der Waals surface area contributed by atoms with Gasteiger partial charge in [-0.3, -0.25) is 9.69 Å². The number of allylic oxidation sites excluding steroid dienone is 2. The summed E-state index contributed by atoms with van der Waals surface area (Å²) in [7, 11) is 0. The second-order valence-corrected chi connectivity index (χ2v) is 4.41. The molecule has 1 atom stereocenters. The molecule has 2 aliphatic rings. The predicted octanol–water partition coefficient (Wildman–Crippen LogP) is 0.837. The summed E-state index contributed by atoms with van der Waals surface area (Å²) in [6.45, 7) is 4.32. The van der Waals surface area contributed by atoms with E-state index in [0.29, 0.717) is 13.1 Å². The Morgan fingerprint density at radius 2 is 1.94 bits per heavy atom. The summed E-state index contributed by atoms with van der Waals surface area (Å²) in [5, 5.41) is 10.6. The molecule has 1 aliphatic heterocycles. The summed E-state index contributed by atoms with van der Waals surface area (Å²) in [5.74, 6) is 0.180. The molecule has 4 heteroatoms. The van der Waals surface area contributed by atoms with E-state index in [0.717, 1.165) is 19.5 Å². The average molecular weight is 222 g/mol. The van der Waals surface area contributed by atoms with Crippen molar-refractivity contribution in [3.63, 3.8) is 0 Å². The van der Waals surface area contributed by atoms with Crippen LogP contribution in [0.3, 0.4) is 0 Å².